The molecule has 0 spiro atoms. The summed E-state index contributed by atoms with van der Waals surface area (Å²) in [5.41, 5.74) is 2.57. The van der Waals surface area contributed by atoms with E-state index in [0.717, 1.165) is 17.2 Å². The highest BCUT2D eigenvalue weighted by Crippen LogP contribution is 2.23. The van der Waals surface area contributed by atoms with Gasteiger partial charge in [-0.3, -0.25) is 4.79 Å². The Hall–Kier alpha value is -2.43. The van der Waals surface area contributed by atoms with Crippen LogP contribution in [-0.4, -0.2) is 13.3 Å². The van der Waals surface area contributed by atoms with Crippen LogP contribution in [0.2, 0.25) is 0 Å². The van der Waals surface area contributed by atoms with E-state index in [4.69, 9.17) is 0 Å². The van der Waals surface area contributed by atoms with E-state index < -0.39 is 7.47 Å². The predicted octanol–water partition coefficient (Wildman–Crippen LogP) is 4.47. The Bertz CT molecular complexity index is 697. The highest BCUT2D eigenvalue weighted by atomic mass is 19.2. The van der Waals surface area contributed by atoms with E-state index in [9.17, 15) is 13.4 Å². The molecule has 2 aromatic rings. The van der Waals surface area contributed by atoms with Crippen molar-refractivity contribution in [1.29, 1.82) is 0 Å². The average molecular weight is 300 g/mol. The van der Waals surface area contributed by atoms with Crippen molar-refractivity contribution >= 4 is 19.0 Å². The Morgan fingerprint density at radius 1 is 1.09 bits per heavy atom. The van der Waals surface area contributed by atoms with Gasteiger partial charge in [-0.2, -0.15) is 0 Å². The zero-order valence-corrected chi connectivity index (χ0v) is 12.3. The third-order valence-corrected chi connectivity index (χ3v) is 3.20. The third-order valence-electron chi connectivity index (χ3n) is 3.20. The molecule has 0 unspecified atom stereocenters. The number of carbonyl (C=O) groups is 1. The van der Waals surface area contributed by atoms with Gasteiger partial charge in [0.25, 0.3) is 0 Å². The van der Waals surface area contributed by atoms with Crippen LogP contribution in [0.4, 0.5) is 8.63 Å². The van der Waals surface area contributed by atoms with Crippen molar-refractivity contribution in [2.45, 2.75) is 13.8 Å². The van der Waals surface area contributed by atoms with Crippen LogP contribution in [0.25, 0.3) is 5.76 Å². The summed E-state index contributed by atoms with van der Waals surface area (Å²) in [7, 11) is -2.99. The predicted molar refractivity (Wildman–Crippen MR) is 83.7 cm³/mol. The fourth-order valence-electron chi connectivity index (χ4n) is 2.08. The summed E-state index contributed by atoms with van der Waals surface area (Å²) >= 11 is 0. The number of benzene rings is 2. The first-order valence-corrected chi connectivity index (χ1v) is 6.81. The lowest BCUT2D eigenvalue weighted by molar-refractivity contribution is 0.104. The van der Waals surface area contributed by atoms with Gasteiger partial charge in [-0.1, -0.05) is 48.0 Å². The molecular weight excluding hydrogens is 285 g/mol. The smallest absolute Gasteiger partial charge is 0.505 e. The lowest BCUT2D eigenvalue weighted by atomic mass is 10.0. The Balaban J connectivity index is 2.44. The summed E-state index contributed by atoms with van der Waals surface area (Å²) in [6.07, 6.45) is 1.11. The van der Waals surface area contributed by atoms with Crippen LogP contribution in [-0.2, 0) is 4.65 Å². The molecule has 112 valence electrons. The van der Waals surface area contributed by atoms with Crippen molar-refractivity contribution < 1.29 is 18.1 Å². The molecule has 0 fully saturated rings. The fraction of sp³-hybridized carbons (Fsp3) is 0.118. The van der Waals surface area contributed by atoms with Crippen LogP contribution in [0.1, 0.15) is 27.0 Å². The molecule has 22 heavy (non-hydrogen) atoms. The van der Waals surface area contributed by atoms with Crippen LogP contribution in [0.3, 0.4) is 0 Å². The zero-order valence-electron chi connectivity index (χ0n) is 12.3. The van der Waals surface area contributed by atoms with Crippen LogP contribution in [0, 0.1) is 13.8 Å². The van der Waals surface area contributed by atoms with Crippen molar-refractivity contribution in [2.24, 2.45) is 0 Å². The van der Waals surface area contributed by atoms with E-state index in [0.29, 0.717) is 11.1 Å². The van der Waals surface area contributed by atoms with Crippen molar-refractivity contribution in [3.8, 4) is 0 Å². The monoisotopic (exact) mass is 300 g/mol. The number of allylic oxidation sites excluding steroid dienone is 1. The normalized spacial score (nSPS) is 11.2. The van der Waals surface area contributed by atoms with Crippen molar-refractivity contribution in [3.05, 3.63) is 76.9 Å². The molecule has 0 aliphatic carbocycles. The summed E-state index contributed by atoms with van der Waals surface area (Å²) in [5.74, 6) is -0.498. The van der Waals surface area contributed by atoms with Crippen molar-refractivity contribution in [2.75, 3.05) is 0 Å². The molecule has 0 radical (unpaired) electrons. The van der Waals surface area contributed by atoms with E-state index >= 15 is 0 Å². The summed E-state index contributed by atoms with van der Waals surface area (Å²) in [6, 6.07) is 13.9. The van der Waals surface area contributed by atoms with Gasteiger partial charge in [-0.25, -0.2) is 8.63 Å². The zero-order chi connectivity index (χ0) is 16.1. The number of hydrogen-bond donors (Lipinski definition) is 0. The molecule has 2 aromatic carbocycles. The molecule has 0 aliphatic rings. The Morgan fingerprint density at radius 3 is 2.41 bits per heavy atom. The maximum absolute atomic E-state index is 12.7. The molecule has 0 N–H and O–H groups in total. The third kappa shape index (κ3) is 4.04. The van der Waals surface area contributed by atoms with Crippen LogP contribution in [0.15, 0.2) is 54.6 Å². The molecule has 2 rings (SSSR count). The maximum atomic E-state index is 12.7. The fourth-order valence-corrected chi connectivity index (χ4v) is 2.08. The van der Waals surface area contributed by atoms with Crippen LogP contribution in [0.5, 0.6) is 0 Å². The first-order valence-electron chi connectivity index (χ1n) is 6.81. The molecule has 0 amide bonds. The Kier molecular flexibility index (Phi) is 5.10. The largest absolute Gasteiger partial charge is 0.796 e. The number of rotatable bonds is 5. The number of ketones is 1. The van der Waals surface area contributed by atoms with Crippen LogP contribution >= 0.6 is 0 Å². The minimum Gasteiger partial charge on any atom is -0.505 e. The molecule has 5 heteroatoms. The Labute approximate surface area is 128 Å². The van der Waals surface area contributed by atoms with Gasteiger partial charge in [0.2, 0.25) is 0 Å². The molecule has 0 saturated heterocycles. The SMILES string of the molecule is Cc1ccc(C)c(/C(=C/C(=O)c2ccccc2)OB(F)F)c1. The summed E-state index contributed by atoms with van der Waals surface area (Å²) in [4.78, 5) is 12.2. The van der Waals surface area contributed by atoms with Gasteiger partial charge in [0.15, 0.2) is 5.78 Å². The van der Waals surface area contributed by atoms with E-state index in [-0.39, 0.29) is 11.5 Å². The van der Waals surface area contributed by atoms with E-state index in [2.05, 4.69) is 4.65 Å². The molecule has 0 atom stereocenters. The summed E-state index contributed by atoms with van der Waals surface area (Å²) in [6.45, 7) is 3.63. The molecule has 0 heterocycles. The molecule has 0 aliphatic heterocycles. The first-order chi connectivity index (χ1) is 10.5. The minimum absolute atomic E-state index is 0.120. The first kappa shape index (κ1) is 16.0. The second-order valence-corrected chi connectivity index (χ2v) is 4.94. The number of halogens is 2. The second kappa shape index (κ2) is 7.03. The molecule has 0 aromatic heterocycles. The maximum Gasteiger partial charge on any atom is 0.796 e. The number of aryl methyl sites for hydroxylation is 2. The van der Waals surface area contributed by atoms with Gasteiger partial charge in [-0.15, -0.1) is 0 Å². The van der Waals surface area contributed by atoms with E-state index in [1.165, 1.54) is 0 Å². The van der Waals surface area contributed by atoms with Gasteiger partial charge in [0, 0.05) is 17.2 Å². The second-order valence-electron chi connectivity index (χ2n) is 4.94. The van der Waals surface area contributed by atoms with Gasteiger partial charge in [0.05, 0.1) is 0 Å². The molecule has 2 nitrogen and oxygen atoms in total. The van der Waals surface area contributed by atoms with Gasteiger partial charge < -0.3 is 4.65 Å². The van der Waals surface area contributed by atoms with Gasteiger partial charge >= 0.3 is 7.47 Å². The molecule has 0 saturated carbocycles. The lowest BCUT2D eigenvalue weighted by Gasteiger charge is -2.12. The van der Waals surface area contributed by atoms with E-state index in [1.54, 1.807) is 49.4 Å². The highest BCUT2D eigenvalue weighted by molar-refractivity contribution is 6.36. The molecular formula is C17H15BF2O2. The van der Waals surface area contributed by atoms with Crippen LogP contribution < -0.4 is 0 Å². The average Bonchev–Trinajstić information content (AvgIpc) is 2.49. The topological polar surface area (TPSA) is 26.3 Å². The summed E-state index contributed by atoms with van der Waals surface area (Å²) < 4.78 is 29.9. The van der Waals surface area contributed by atoms with Gasteiger partial charge in [-0.05, 0) is 25.5 Å². The standard InChI is InChI=1S/C17H15BF2O2/c1-12-8-9-13(2)15(10-12)17(22-18(19)20)11-16(21)14-6-4-3-5-7-14/h3-11H,1-2H3/b17-11-. The lowest BCUT2D eigenvalue weighted by Crippen LogP contribution is -2.07. The quantitative estimate of drug-likeness (QED) is 0.352. The molecule has 0 bridgehead atoms. The number of carbonyl (C=O) groups excluding carboxylic acids is 1. The van der Waals surface area contributed by atoms with Crippen molar-refractivity contribution in [1.82, 2.24) is 0 Å². The highest BCUT2D eigenvalue weighted by Gasteiger charge is 2.22. The van der Waals surface area contributed by atoms with E-state index in [1.807, 2.05) is 13.0 Å². The summed E-state index contributed by atoms with van der Waals surface area (Å²) in [5, 5.41) is 0. The Morgan fingerprint density at radius 2 is 1.77 bits per heavy atom. The van der Waals surface area contributed by atoms with Crippen molar-refractivity contribution in [3.63, 3.8) is 0 Å². The number of hydrogen-bond acceptors (Lipinski definition) is 2. The van der Waals surface area contributed by atoms with Gasteiger partial charge in [0.1, 0.15) is 5.76 Å². The minimum atomic E-state index is -2.99.